The van der Waals surface area contributed by atoms with Crippen LogP contribution in [0.3, 0.4) is 0 Å². The second-order valence-corrected chi connectivity index (χ2v) is 4.40. The zero-order valence-corrected chi connectivity index (χ0v) is 9.49. The number of rotatable bonds is 4. The Morgan fingerprint density at radius 3 is 2.94 bits per heavy atom. The van der Waals surface area contributed by atoms with Crippen LogP contribution in [-0.2, 0) is 24.2 Å². The van der Waals surface area contributed by atoms with Gasteiger partial charge in [0, 0.05) is 6.54 Å². The highest BCUT2D eigenvalue weighted by molar-refractivity contribution is 5.72. The van der Waals surface area contributed by atoms with Gasteiger partial charge in [-0.05, 0) is 42.9 Å². The summed E-state index contributed by atoms with van der Waals surface area (Å²) in [7, 11) is 0. The van der Waals surface area contributed by atoms with Gasteiger partial charge < -0.3 is 10.4 Å². The third-order valence-corrected chi connectivity index (χ3v) is 3.15. The second kappa shape index (κ2) is 4.66. The van der Waals surface area contributed by atoms with Crippen LogP contribution in [-0.4, -0.2) is 17.1 Å². The second-order valence-electron chi connectivity index (χ2n) is 4.40. The van der Waals surface area contributed by atoms with Crippen LogP contribution < -0.4 is 5.32 Å². The maximum atomic E-state index is 10.6. The molecular weight excluding hydrogens is 202 g/mol. The first-order valence-corrected chi connectivity index (χ1v) is 5.73. The molecule has 0 radical (unpaired) electrons. The van der Waals surface area contributed by atoms with Gasteiger partial charge in [-0.15, -0.1) is 0 Å². The molecule has 16 heavy (non-hydrogen) atoms. The minimum Gasteiger partial charge on any atom is -0.480 e. The average Bonchev–Trinajstić information content (AvgIpc) is 2.72. The minimum absolute atomic E-state index is 0.492. The van der Waals surface area contributed by atoms with Crippen LogP contribution in [0.15, 0.2) is 18.2 Å². The number of hydrogen-bond acceptors (Lipinski definition) is 2. The quantitative estimate of drug-likeness (QED) is 0.811. The maximum Gasteiger partial charge on any atom is 0.320 e. The smallest absolute Gasteiger partial charge is 0.320 e. The van der Waals surface area contributed by atoms with E-state index < -0.39 is 12.0 Å². The number of carbonyl (C=O) groups is 1. The van der Waals surface area contributed by atoms with Gasteiger partial charge in [0.2, 0.25) is 0 Å². The predicted octanol–water partition coefficient (Wildman–Crippen LogP) is 1.74. The Morgan fingerprint density at radius 2 is 2.19 bits per heavy atom. The molecule has 2 N–H and O–H groups in total. The Hall–Kier alpha value is -1.35. The van der Waals surface area contributed by atoms with Crippen molar-refractivity contribution in [2.75, 3.05) is 0 Å². The molecule has 0 saturated carbocycles. The lowest BCUT2D eigenvalue weighted by molar-refractivity contribution is -0.139. The van der Waals surface area contributed by atoms with E-state index in [1.54, 1.807) is 6.92 Å². The summed E-state index contributed by atoms with van der Waals surface area (Å²) in [5.41, 5.74) is 4.06. The van der Waals surface area contributed by atoms with Crippen molar-refractivity contribution in [1.82, 2.24) is 5.32 Å². The number of carboxylic acid groups (broad SMARTS) is 1. The molecule has 0 aromatic heterocycles. The highest BCUT2D eigenvalue weighted by atomic mass is 16.4. The lowest BCUT2D eigenvalue weighted by atomic mass is 10.1. The summed E-state index contributed by atoms with van der Waals surface area (Å²) < 4.78 is 0. The van der Waals surface area contributed by atoms with Gasteiger partial charge in [-0.25, -0.2) is 0 Å². The molecule has 0 heterocycles. The van der Waals surface area contributed by atoms with Gasteiger partial charge in [-0.2, -0.15) is 0 Å². The largest absolute Gasteiger partial charge is 0.480 e. The molecule has 1 aliphatic rings. The molecule has 0 bridgehead atoms. The number of aliphatic carboxylic acids is 1. The Kier molecular flexibility index (Phi) is 3.25. The van der Waals surface area contributed by atoms with Gasteiger partial charge in [-0.1, -0.05) is 18.2 Å². The summed E-state index contributed by atoms with van der Waals surface area (Å²) in [6.45, 7) is 2.29. The van der Waals surface area contributed by atoms with Crippen LogP contribution in [0.5, 0.6) is 0 Å². The SMILES string of the molecule is C[C@@H](NCc1ccc2c(c1)CCC2)C(=O)O. The van der Waals surface area contributed by atoms with E-state index in [4.69, 9.17) is 5.11 Å². The van der Waals surface area contributed by atoms with Gasteiger partial charge in [0.05, 0.1) is 0 Å². The predicted molar refractivity (Wildman–Crippen MR) is 62.4 cm³/mol. The van der Waals surface area contributed by atoms with Gasteiger partial charge in [0.15, 0.2) is 0 Å². The zero-order chi connectivity index (χ0) is 11.5. The summed E-state index contributed by atoms with van der Waals surface area (Å²) in [6.07, 6.45) is 3.60. The highest BCUT2D eigenvalue weighted by Gasteiger charge is 2.12. The number of carboxylic acids is 1. The fourth-order valence-electron chi connectivity index (χ4n) is 2.09. The summed E-state index contributed by atoms with van der Waals surface area (Å²) in [5.74, 6) is -0.804. The molecule has 1 aromatic rings. The van der Waals surface area contributed by atoms with Crippen LogP contribution in [0.2, 0.25) is 0 Å². The molecule has 1 aromatic carbocycles. The first-order chi connectivity index (χ1) is 7.66. The number of benzene rings is 1. The topological polar surface area (TPSA) is 49.3 Å². The van der Waals surface area contributed by atoms with Crippen molar-refractivity contribution >= 4 is 5.97 Å². The standard InChI is InChI=1S/C13H17NO2/c1-9(13(15)16)14-8-10-5-6-11-3-2-4-12(11)7-10/h5-7,9,14H,2-4,8H2,1H3,(H,15,16)/t9-/m1/s1. The van der Waals surface area contributed by atoms with E-state index in [-0.39, 0.29) is 0 Å². The van der Waals surface area contributed by atoms with Crippen LogP contribution in [0.1, 0.15) is 30.0 Å². The molecule has 0 fully saturated rings. The number of hydrogen-bond donors (Lipinski definition) is 2. The van der Waals surface area contributed by atoms with Gasteiger partial charge >= 0.3 is 5.97 Å². The molecule has 0 spiro atoms. The third kappa shape index (κ3) is 2.42. The molecule has 3 nitrogen and oxygen atoms in total. The van der Waals surface area contributed by atoms with E-state index in [0.717, 1.165) is 6.42 Å². The van der Waals surface area contributed by atoms with Crippen molar-refractivity contribution in [2.24, 2.45) is 0 Å². The van der Waals surface area contributed by atoms with E-state index in [2.05, 4.69) is 23.5 Å². The molecule has 2 rings (SSSR count). The fourth-order valence-corrected chi connectivity index (χ4v) is 2.09. The van der Waals surface area contributed by atoms with Gasteiger partial charge in [-0.3, -0.25) is 4.79 Å². The van der Waals surface area contributed by atoms with Gasteiger partial charge in [0.1, 0.15) is 6.04 Å². The Morgan fingerprint density at radius 1 is 1.44 bits per heavy atom. The normalized spacial score (nSPS) is 15.8. The van der Waals surface area contributed by atoms with Crippen LogP contribution in [0.4, 0.5) is 0 Å². The average molecular weight is 219 g/mol. The van der Waals surface area contributed by atoms with E-state index in [1.807, 2.05) is 0 Å². The summed E-state index contributed by atoms with van der Waals surface area (Å²) in [4.78, 5) is 10.6. The molecule has 86 valence electrons. The van der Waals surface area contributed by atoms with Crippen molar-refractivity contribution in [2.45, 2.75) is 38.8 Å². The third-order valence-electron chi connectivity index (χ3n) is 3.15. The first kappa shape index (κ1) is 11.1. The Balaban J connectivity index is 1.98. The molecule has 3 heteroatoms. The van der Waals surface area contributed by atoms with E-state index in [9.17, 15) is 4.79 Å². The van der Waals surface area contributed by atoms with Crippen molar-refractivity contribution in [1.29, 1.82) is 0 Å². The number of fused-ring (bicyclic) bond motifs is 1. The zero-order valence-electron chi connectivity index (χ0n) is 9.49. The molecule has 0 amide bonds. The van der Waals surface area contributed by atoms with Crippen LogP contribution in [0, 0.1) is 0 Å². The van der Waals surface area contributed by atoms with Crippen LogP contribution >= 0.6 is 0 Å². The van der Waals surface area contributed by atoms with Gasteiger partial charge in [0.25, 0.3) is 0 Å². The Labute approximate surface area is 95.5 Å². The van der Waals surface area contributed by atoms with Crippen molar-refractivity contribution in [3.63, 3.8) is 0 Å². The molecule has 1 aliphatic carbocycles. The monoisotopic (exact) mass is 219 g/mol. The summed E-state index contributed by atoms with van der Waals surface area (Å²) in [5, 5.41) is 11.7. The van der Waals surface area contributed by atoms with E-state index in [0.29, 0.717) is 6.54 Å². The lowest BCUT2D eigenvalue weighted by Gasteiger charge is -2.10. The molecule has 1 atom stereocenters. The molecule has 0 saturated heterocycles. The lowest BCUT2D eigenvalue weighted by Crippen LogP contribution is -2.33. The van der Waals surface area contributed by atoms with Crippen LogP contribution in [0.25, 0.3) is 0 Å². The minimum atomic E-state index is -0.804. The van der Waals surface area contributed by atoms with Crippen molar-refractivity contribution in [3.8, 4) is 0 Å². The maximum absolute atomic E-state index is 10.6. The number of aryl methyl sites for hydroxylation is 2. The molecular formula is C13H17NO2. The van der Waals surface area contributed by atoms with E-state index >= 15 is 0 Å². The summed E-state index contributed by atoms with van der Waals surface area (Å²) in [6, 6.07) is 5.97. The molecule has 0 unspecified atom stereocenters. The van der Waals surface area contributed by atoms with Crippen molar-refractivity contribution < 1.29 is 9.90 Å². The molecule has 0 aliphatic heterocycles. The Bertz CT molecular complexity index is 401. The number of nitrogens with one attached hydrogen (secondary N) is 1. The first-order valence-electron chi connectivity index (χ1n) is 5.73. The van der Waals surface area contributed by atoms with E-state index in [1.165, 1.54) is 29.5 Å². The fraction of sp³-hybridized carbons (Fsp3) is 0.462. The van der Waals surface area contributed by atoms with Crippen molar-refractivity contribution in [3.05, 3.63) is 34.9 Å². The summed E-state index contributed by atoms with van der Waals surface area (Å²) >= 11 is 0. The highest BCUT2D eigenvalue weighted by Crippen LogP contribution is 2.22.